The van der Waals surface area contributed by atoms with Crippen LogP contribution in [0.25, 0.3) is 5.57 Å². The van der Waals surface area contributed by atoms with E-state index in [1.807, 2.05) is 0 Å². The number of ether oxygens (including phenoxy) is 1. The SMILES string of the molecule is CCCCC1CN(c2cc(C(C)C)nc(C#CCOCCN3CCC(CN4CCN(c5ccc(CC(C)CC)c(C(C)=C6CCC6)c5)CC4)CC3)n2)C1. The van der Waals surface area contributed by atoms with Gasteiger partial charge in [0, 0.05) is 69.8 Å². The first kappa shape index (κ1) is 39.8. The predicted molar refractivity (Wildman–Crippen MR) is 223 cm³/mol. The van der Waals surface area contributed by atoms with Crippen LogP contribution in [0.4, 0.5) is 11.5 Å². The maximum atomic E-state index is 5.96. The molecule has 4 fully saturated rings. The summed E-state index contributed by atoms with van der Waals surface area (Å²) in [6, 6.07) is 9.55. The van der Waals surface area contributed by atoms with Crippen LogP contribution in [0.15, 0.2) is 29.8 Å². The van der Waals surface area contributed by atoms with E-state index in [0.29, 0.717) is 18.3 Å². The summed E-state index contributed by atoms with van der Waals surface area (Å²) >= 11 is 0. The van der Waals surface area contributed by atoms with Crippen LogP contribution in [-0.2, 0) is 11.2 Å². The van der Waals surface area contributed by atoms with E-state index in [9.17, 15) is 0 Å². The van der Waals surface area contributed by atoms with Gasteiger partial charge < -0.3 is 19.4 Å². The topological polar surface area (TPSA) is 48.0 Å². The molecular formula is C46H70N6O. The van der Waals surface area contributed by atoms with Gasteiger partial charge in [-0.1, -0.05) is 71.4 Å². The lowest BCUT2D eigenvalue weighted by molar-refractivity contribution is 0.0952. The number of anilines is 2. The third-order valence-corrected chi connectivity index (χ3v) is 12.7. The Balaban J connectivity index is 0.888. The van der Waals surface area contributed by atoms with Gasteiger partial charge in [0.2, 0.25) is 5.82 Å². The Bertz CT molecular complexity index is 1550. The fourth-order valence-electron chi connectivity index (χ4n) is 8.50. The van der Waals surface area contributed by atoms with Gasteiger partial charge in [-0.2, -0.15) is 0 Å². The van der Waals surface area contributed by atoms with Gasteiger partial charge in [0.05, 0.1) is 6.61 Å². The van der Waals surface area contributed by atoms with E-state index in [4.69, 9.17) is 14.7 Å². The molecule has 1 aliphatic carbocycles. The van der Waals surface area contributed by atoms with Gasteiger partial charge in [0.15, 0.2) is 0 Å². The molecular weight excluding hydrogens is 653 g/mol. The van der Waals surface area contributed by atoms with Crippen LogP contribution in [0.5, 0.6) is 0 Å². The third kappa shape index (κ3) is 11.1. The van der Waals surface area contributed by atoms with Gasteiger partial charge in [0.1, 0.15) is 12.4 Å². The van der Waals surface area contributed by atoms with Crippen molar-refractivity contribution in [2.24, 2.45) is 17.8 Å². The van der Waals surface area contributed by atoms with Crippen molar-refractivity contribution in [2.45, 2.75) is 112 Å². The zero-order chi connectivity index (χ0) is 37.2. The minimum absolute atomic E-state index is 0.352. The average Bonchev–Trinajstić information content (AvgIpc) is 3.12. The molecule has 0 N–H and O–H groups in total. The Hall–Kier alpha value is -2.92. The largest absolute Gasteiger partial charge is 0.369 e. The number of unbranched alkanes of at least 4 members (excludes halogenated alkanes) is 1. The van der Waals surface area contributed by atoms with Crippen molar-refractivity contribution in [1.82, 2.24) is 19.8 Å². The van der Waals surface area contributed by atoms with Crippen molar-refractivity contribution >= 4 is 17.1 Å². The molecule has 6 rings (SSSR count). The van der Waals surface area contributed by atoms with Crippen LogP contribution >= 0.6 is 0 Å². The second kappa shape index (κ2) is 19.6. The summed E-state index contributed by atoms with van der Waals surface area (Å²) in [5.41, 5.74) is 8.82. The molecule has 0 amide bonds. The lowest BCUT2D eigenvalue weighted by Gasteiger charge is -2.40. The molecule has 2 aromatic rings. The Labute approximate surface area is 323 Å². The minimum atomic E-state index is 0.352. The van der Waals surface area contributed by atoms with Crippen LogP contribution in [0.2, 0.25) is 0 Å². The van der Waals surface area contributed by atoms with Crippen molar-refractivity contribution in [3.8, 4) is 11.8 Å². The summed E-state index contributed by atoms with van der Waals surface area (Å²) in [6.45, 7) is 26.3. The highest BCUT2D eigenvalue weighted by molar-refractivity contribution is 5.73. The third-order valence-electron chi connectivity index (χ3n) is 12.7. The molecule has 0 bridgehead atoms. The van der Waals surface area contributed by atoms with Gasteiger partial charge in [-0.3, -0.25) is 4.90 Å². The molecule has 1 aromatic carbocycles. The molecule has 3 aliphatic heterocycles. The van der Waals surface area contributed by atoms with Crippen molar-refractivity contribution < 1.29 is 4.74 Å². The maximum absolute atomic E-state index is 5.96. The highest BCUT2D eigenvalue weighted by atomic mass is 16.5. The van der Waals surface area contributed by atoms with Crippen molar-refractivity contribution in [3.05, 3.63) is 52.5 Å². The van der Waals surface area contributed by atoms with Crippen LogP contribution in [0, 0.1) is 29.6 Å². The number of rotatable bonds is 16. The van der Waals surface area contributed by atoms with Crippen LogP contribution < -0.4 is 9.80 Å². The number of aromatic nitrogens is 2. The van der Waals surface area contributed by atoms with Crippen molar-refractivity contribution in [1.29, 1.82) is 0 Å². The molecule has 1 unspecified atom stereocenters. The fraction of sp³-hybridized carbons (Fsp3) is 0.696. The molecule has 0 spiro atoms. The number of piperazine rings is 1. The molecule has 4 aliphatic rings. The molecule has 7 heteroatoms. The number of hydrogen-bond acceptors (Lipinski definition) is 7. The lowest BCUT2D eigenvalue weighted by Crippen LogP contribution is -2.49. The monoisotopic (exact) mass is 723 g/mol. The van der Waals surface area contributed by atoms with Gasteiger partial charge >= 0.3 is 0 Å². The fourth-order valence-corrected chi connectivity index (χ4v) is 8.50. The van der Waals surface area contributed by atoms with E-state index in [0.717, 1.165) is 68.6 Å². The summed E-state index contributed by atoms with van der Waals surface area (Å²) in [6.07, 6.45) is 12.9. The van der Waals surface area contributed by atoms with E-state index in [2.05, 4.69) is 97.2 Å². The molecule has 0 radical (unpaired) electrons. The Kier molecular flexibility index (Phi) is 14.7. The molecule has 4 heterocycles. The summed E-state index contributed by atoms with van der Waals surface area (Å²) in [7, 11) is 0. The van der Waals surface area contributed by atoms with Gasteiger partial charge in [-0.25, -0.2) is 9.97 Å². The van der Waals surface area contributed by atoms with Crippen LogP contribution in [0.1, 0.15) is 128 Å². The van der Waals surface area contributed by atoms with E-state index in [1.54, 1.807) is 16.7 Å². The first-order chi connectivity index (χ1) is 25.8. The number of likely N-dealkylation sites (tertiary alicyclic amines) is 1. The number of allylic oxidation sites excluding steroid dienone is 2. The van der Waals surface area contributed by atoms with Gasteiger partial charge in [0.25, 0.3) is 0 Å². The molecule has 1 aromatic heterocycles. The molecule has 1 atom stereocenters. The lowest BCUT2D eigenvalue weighted by atomic mass is 9.83. The van der Waals surface area contributed by atoms with Crippen molar-refractivity contribution in [2.75, 3.05) is 88.5 Å². The molecule has 3 saturated heterocycles. The Morgan fingerprint density at radius 1 is 0.906 bits per heavy atom. The van der Waals surface area contributed by atoms with Crippen LogP contribution in [-0.4, -0.2) is 98.4 Å². The van der Waals surface area contributed by atoms with E-state index >= 15 is 0 Å². The highest BCUT2D eigenvalue weighted by Crippen LogP contribution is 2.37. The summed E-state index contributed by atoms with van der Waals surface area (Å²) < 4.78 is 5.96. The summed E-state index contributed by atoms with van der Waals surface area (Å²) in [4.78, 5) is 19.9. The molecule has 53 heavy (non-hydrogen) atoms. The van der Waals surface area contributed by atoms with E-state index < -0.39 is 0 Å². The standard InChI is InChI=1S/C46H70N6O/c1-7-9-12-39-33-52(34-39)46-31-44(35(3)4)47-45(48-46)15-11-27-53-28-26-49-20-18-38(19-21-49)32-50-22-24-51(25-23-50)42-17-16-41(29-36(5)8-2)43(30-42)37(6)40-13-10-14-40/h16-17,30-31,35-36,38-39H,7-10,12-14,18-29,32-34H2,1-6H3. The Morgan fingerprint density at radius 2 is 1.68 bits per heavy atom. The first-order valence-corrected chi connectivity index (χ1v) is 21.5. The predicted octanol–water partition coefficient (Wildman–Crippen LogP) is 8.67. The normalized spacial score (nSPS) is 19.6. The zero-order valence-corrected chi connectivity index (χ0v) is 34.3. The molecule has 7 nitrogen and oxygen atoms in total. The van der Waals surface area contributed by atoms with E-state index in [1.165, 1.54) is 108 Å². The number of hydrogen-bond donors (Lipinski definition) is 0. The number of piperidine rings is 1. The second-order valence-electron chi connectivity index (χ2n) is 17.1. The highest BCUT2D eigenvalue weighted by Gasteiger charge is 2.28. The number of nitrogens with zero attached hydrogens (tertiary/aromatic N) is 6. The first-order valence-electron chi connectivity index (χ1n) is 21.5. The van der Waals surface area contributed by atoms with Gasteiger partial charge in [-0.05, 0) is 123 Å². The Morgan fingerprint density at radius 3 is 2.36 bits per heavy atom. The molecule has 1 saturated carbocycles. The van der Waals surface area contributed by atoms with Crippen LogP contribution in [0.3, 0.4) is 0 Å². The number of benzene rings is 1. The smallest absolute Gasteiger partial charge is 0.207 e. The minimum Gasteiger partial charge on any atom is -0.369 e. The van der Waals surface area contributed by atoms with E-state index in [-0.39, 0.29) is 0 Å². The average molecular weight is 723 g/mol. The quantitative estimate of drug-likeness (QED) is 0.127. The molecule has 290 valence electrons. The second-order valence-corrected chi connectivity index (χ2v) is 17.1. The zero-order valence-electron chi connectivity index (χ0n) is 34.3. The van der Waals surface area contributed by atoms with Gasteiger partial charge in [-0.15, -0.1) is 0 Å². The summed E-state index contributed by atoms with van der Waals surface area (Å²) in [5, 5.41) is 0. The maximum Gasteiger partial charge on any atom is 0.207 e. The van der Waals surface area contributed by atoms with Crippen molar-refractivity contribution in [3.63, 3.8) is 0 Å². The summed E-state index contributed by atoms with van der Waals surface area (Å²) in [5.74, 6) is 10.7.